The van der Waals surface area contributed by atoms with Crippen molar-refractivity contribution in [3.8, 4) is 0 Å². The highest BCUT2D eigenvalue weighted by atomic mass is 32.1. The minimum absolute atomic E-state index is 0.136. The van der Waals surface area contributed by atoms with Crippen LogP contribution in [0.25, 0.3) is 0 Å². The zero-order valence-electron chi connectivity index (χ0n) is 15.0. The van der Waals surface area contributed by atoms with Gasteiger partial charge >= 0.3 is 0 Å². The van der Waals surface area contributed by atoms with E-state index in [0.717, 1.165) is 44.5 Å². The van der Waals surface area contributed by atoms with E-state index in [4.69, 9.17) is 0 Å². The molecule has 6 heteroatoms. The second-order valence-corrected chi connectivity index (χ2v) is 7.78. The molecule has 1 saturated heterocycles. The largest absolute Gasteiger partial charge is 0.335 e. The van der Waals surface area contributed by atoms with Gasteiger partial charge in [-0.3, -0.25) is 9.69 Å². The summed E-state index contributed by atoms with van der Waals surface area (Å²) in [6.07, 6.45) is 8.34. The Morgan fingerprint density at radius 1 is 1.32 bits per heavy atom. The monoisotopic (exact) mass is 358 g/mol. The lowest BCUT2D eigenvalue weighted by Gasteiger charge is -2.30. The third-order valence-electron chi connectivity index (χ3n) is 4.94. The van der Waals surface area contributed by atoms with Gasteiger partial charge in [-0.1, -0.05) is 0 Å². The molecule has 1 aliphatic rings. The molecule has 0 aromatic carbocycles. The Labute approximate surface area is 153 Å². The van der Waals surface area contributed by atoms with Gasteiger partial charge in [0.05, 0.1) is 0 Å². The topological polar surface area (TPSA) is 49.3 Å². The number of nitrogens with zero attached hydrogens (tertiary/aromatic N) is 4. The number of rotatable bonds is 5. The zero-order chi connectivity index (χ0) is 17.6. The minimum atomic E-state index is 0.136. The van der Waals surface area contributed by atoms with Crippen molar-refractivity contribution in [1.29, 1.82) is 0 Å². The first-order chi connectivity index (χ1) is 12.1. The fourth-order valence-corrected chi connectivity index (χ4v) is 4.43. The SMILES string of the molecule is CC(=O)N(Cc1cncnc1)[C@@H]1CCCN(Cc2sccc2C)CC1. The third kappa shape index (κ3) is 4.86. The molecule has 3 rings (SSSR count). The van der Waals surface area contributed by atoms with Crippen molar-refractivity contribution >= 4 is 17.2 Å². The van der Waals surface area contributed by atoms with Gasteiger partial charge in [0, 0.05) is 55.4 Å². The van der Waals surface area contributed by atoms with Crippen LogP contribution in [0.4, 0.5) is 0 Å². The molecule has 25 heavy (non-hydrogen) atoms. The van der Waals surface area contributed by atoms with Crippen LogP contribution >= 0.6 is 11.3 Å². The van der Waals surface area contributed by atoms with Crippen molar-refractivity contribution < 1.29 is 4.79 Å². The summed E-state index contributed by atoms with van der Waals surface area (Å²) in [6, 6.07) is 2.49. The van der Waals surface area contributed by atoms with E-state index in [-0.39, 0.29) is 5.91 Å². The zero-order valence-corrected chi connectivity index (χ0v) is 15.8. The molecule has 2 aromatic heterocycles. The van der Waals surface area contributed by atoms with Crippen molar-refractivity contribution in [1.82, 2.24) is 19.8 Å². The van der Waals surface area contributed by atoms with Gasteiger partial charge in [-0.05, 0) is 49.7 Å². The minimum Gasteiger partial charge on any atom is -0.335 e. The molecular weight excluding hydrogens is 332 g/mol. The quantitative estimate of drug-likeness (QED) is 0.823. The lowest BCUT2D eigenvalue weighted by molar-refractivity contribution is -0.132. The van der Waals surface area contributed by atoms with E-state index in [1.807, 2.05) is 16.2 Å². The van der Waals surface area contributed by atoms with Gasteiger partial charge in [0.2, 0.25) is 5.91 Å². The maximum absolute atomic E-state index is 12.2. The number of aryl methyl sites for hydroxylation is 1. The van der Waals surface area contributed by atoms with Crippen LogP contribution in [-0.4, -0.2) is 44.8 Å². The number of carbonyl (C=O) groups is 1. The van der Waals surface area contributed by atoms with E-state index in [1.165, 1.54) is 16.8 Å². The molecule has 1 fully saturated rings. The van der Waals surface area contributed by atoms with Crippen molar-refractivity contribution in [3.63, 3.8) is 0 Å². The van der Waals surface area contributed by atoms with E-state index in [1.54, 1.807) is 19.3 Å². The Morgan fingerprint density at radius 3 is 2.80 bits per heavy atom. The molecule has 1 atom stereocenters. The van der Waals surface area contributed by atoms with Crippen molar-refractivity contribution in [2.24, 2.45) is 0 Å². The number of hydrogen-bond acceptors (Lipinski definition) is 5. The van der Waals surface area contributed by atoms with E-state index < -0.39 is 0 Å². The summed E-state index contributed by atoms with van der Waals surface area (Å²) < 4.78 is 0. The fraction of sp³-hybridized carbons (Fsp3) is 0.526. The normalized spacial score (nSPS) is 18.7. The second kappa shape index (κ2) is 8.54. The van der Waals surface area contributed by atoms with Crippen LogP contribution in [0.15, 0.2) is 30.2 Å². The first-order valence-corrected chi connectivity index (χ1v) is 9.78. The van der Waals surface area contributed by atoms with Crippen molar-refractivity contribution in [3.05, 3.63) is 46.2 Å². The molecule has 134 valence electrons. The van der Waals surface area contributed by atoms with Gasteiger partial charge in [0.25, 0.3) is 0 Å². The summed E-state index contributed by atoms with van der Waals surface area (Å²) in [5, 5.41) is 2.17. The summed E-state index contributed by atoms with van der Waals surface area (Å²) in [7, 11) is 0. The fourth-order valence-electron chi connectivity index (χ4n) is 3.48. The summed E-state index contributed by atoms with van der Waals surface area (Å²) in [5.41, 5.74) is 2.38. The van der Waals surface area contributed by atoms with Gasteiger partial charge in [-0.15, -0.1) is 11.3 Å². The highest BCUT2D eigenvalue weighted by Crippen LogP contribution is 2.23. The predicted octanol–water partition coefficient (Wildman–Crippen LogP) is 3.25. The molecule has 0 unspecified atom stereocenters. The summed E-state index contributed by atoms with van der Waals surface area (Å²) >= 11 is 1.84. The van der Waals surface area contributed by atoms with E-state index >= 15 is 0 Å². The van der Waals surface area contributed by atoms with Crippen LogP contribution in [0.2, 0.25) is 0 Å². The number of aromatic nitrogens is 2. The van der Waals surface area contributed by atoms with E-state index in [0.29, 0.717) is 12.6 Å². The summed E-state index contributed by atoms with van der Waals surface area (Å²) in [5.74, 6) is 0.136. The van der Waals surface area contributed by atoms with Gasteiger partial charge in [-0.2, -0.15) is 0 Å². The first kappa shape index (κ1) is 18.0. The van der Waals surface area contributed by atoms with Gasteiger partial charge in [-0.25, -0.2) is 9.97 Å². The number of thiophene rings is 1. The Hall–Kier alpha value is -1.79. The number of likely N-dealkylation sites (tertiary alicyclic amines) is 1. The van der Waals surface area contributed by atoms with Crippen LogP contribution in [0, 0.1) is 6.92 Å². The standard InChI is InChI=1S/C19H26N4OS/c1-15-6-9-25-19(15)13-22-7-3-4-18(5-8-22)23(16(2)24)12-17-10-20-14-21-11-17/h6,9-11,14,18H,3-5,7-8,12-13H2,1-2H3/t18-/m1/s1. The maximum Gasteiger partial charge on any atom is 0.219 e. The molecule has 5 nitrogen and oxygen atoms in total. The predicted molar refractivity (Wildman–Crippen MR) is 100 cm³/mol. The molecule has 2 aromatic rings. The van der Waals surface area contributed by atoms with Crippen LogP contribution in [0.1, 0.15) is 42.2 Å². The van der Waals surface area contributed by atoms with Gasteiger partial charge in [0.1, 0.15) is 6.33 Å². The Bertz CT molecular complexity index is 688. The second-order valence-electron chi connectivity index (χ2n) is 6.78. The maximum atomic E-state index is 12.2. The lowest BCUT2D eigenvalue weighted by atomic mass is 10.1. The van der Waals surface area contributed by atoms with E-state index in [9.17, 15) is 4.79 Å². The van der Waals surface area contributed by atoms with Crippen molar-refractivity contribution in [2.45, 2.75) is 52.2 Å². The molecule has 3 heterocycles. The van der Waals surface area contributed by atoms with E-state index in [2.05, 4.69) is 33.2 Å². The average molecular weight is 359 g/mol. The average Bonchev–Trinajstić information content (AvgIpc) is 2.87. The smallest absolute Gasteiger partial charge is 0.219 e. The van der Waals surface area contributed by atoms with Crippen LogP contribution < -0.4 is 0 Å². The number of amides is 1. The van der Waals surface area contributed by atoms with Gasteiger partial charge < -0.3 is 4.90 Å². The molecule has 0 spiro atoms. The lowest BCUT2D eigenvalue weighted by Crippen LogP contribution is -2.39. The van der Waals surface area contributed by atoms with Crippen LogP contribution in [-0.2, 0) is 17.9 Å². The number of hydrogen-bond donors (Lipinski definition) is 0. The molecular formula is C19H26N4OS. The molecule has 0 radical (unpaired) electrons. The Balaban J connectivity index is 1.62. The highest BCUT2D eigenvalue weighted by Gasteiger charge is 2.25. The summed E-state index contributed by atoms with van der Waals surface area (Å²) in [6.45, 7) is 7.63. The molecule has 0 aliphatic carbocycles. The summed E-state index contributed by atoms with van der Waals surface area (Å²) in [4.78, 5) is 26.3. The molecule has 0 saturated carbocycles. The van der Waals surface area contributed by atoms with Gasteiger partial charge in [0.15, 0.2) is 0 Å². The highest BCUT2D eigenvalue weighted by molar-refractivity contribution is 7.10. The molecule has 1 amide bonds. The Morgan fingerprint density at radius 2 is 2.12 bits per heavy atom. The Kier molecular flexibility index (Phi) is 6.15. The molecule has 0 bridgehead atoms. The third-order valence-corrected chi connectivity index (χ3v) is 5.95. The number of carbonyl (C=O) groups excluding carboxylic acids is 1. The molecule has 1 aliphatic heterocycles. The van der Waals surface area contributed by atoms with Crippen LogP contribution in [0.5, 0.6) is 0 Å². The van der Waals surface area contributed by atoms with Crippen molar-refractivity contribution in [2.75, 3.05) is 13.1 Å². The van der Waals surface area contributed by atoms with Crippen LogP contribution in [0.3, 0.4) is 0 Å². The first-order valence-electron chi connectivity index (χ1n) is 8.90. The molecule has 0 N–H and O–H groups in total.